The quantitative estimate of drug-likeness (QED) is 0.890. The average Bonchev–Trinajstić information content (AvgIpc) is 2.39. The number of rotatable bonds is 4. The standard InChI is InChI=1S/C17H28N2/c1-13(2)14-8-9-17(19(3)4)15(11-14)12-16-7-5-6-10-18-16/h8-9,11,13,16,18H,5-7,10,12H2,1-4H3. The van der Waals surface area contributed by atoms with Crippen molar-refractivity contribution in [3.63, 3.8) is 0 Å². The van der Waals surface area contributed by atoms with E-state index in [-0.39, 0.29) is 0 Å². The van der Waals surface area contributed by atoms with Gasteiger partial charge < -0.3 is 10.2 Å². The van der Waals surface area contributed by atoms with Crippen LogP contribution in [-0.2, 0) is 6.42 Å². The lowest BCUT2D eigenvalue weighted by atomic mass is 9.93. The summed E-state index contributed by atoms with van der Waals surface area (Å²) in [5, 5.41) is 3.66. The maximum Gasteiger partial charge on any atom is 0.0394 e. The van der Waals surface area contributed by atoms with Gasteiger partial charge in [-0.05, 0) is 48.9 Å². The van der Waals surface area contributed by atoms with Gasteiger partial charge in [0.15, 0.2) is 0 Å². The molecule has 1 fully saturated rings. The van der Waals surface area contributed by atoms with Crippen molar-refractivity contribution in [2.75, 3.05) is 25.5 Å². The van der Waals surface area contributed by atoms with Gasteiger partial charge in [0.1, 0.15) is 0 Å². The van der Waals surface area contributed by atoms with Crippen molar-refractivity contribution >= 4 is 5.69 Å². The number of benzene rings is 1. The third-order valence-electron chi connectivity index (χ3n) is 4.13. The number of nitrogens with zero attached hydrogens (tertiary/aromatic N) is 1. The summed E-state index contributed by atoms with van der Waals surface area (Å²) in [6.45, 7) is 5.73. The fourth-order valence-corrected chi connectivity index (χ4v) is 2.93. The Labute approximate surface area is 118 Å². The minimum absolute atomic E-state index is 0.606. The van der Waals surface area contributed by atoms with Crippen LogP contribution in [0.5, 0.6) is 0 Å². The van der Waals surface area contributed by atoms with Crippen LogP contribution >= 0.6 is 0 Å². The van der Waals surface area contributed by atoms with E-state index in [9.17, 15) is 0 Å². The van der Waals surface area contributed by atoms with Gasteiger partial charge in [-0.15, -0.1) is 0 Å². The molecule has 2 heteroatoms. The first kappa shape index (κ1) is 14.4. The summed E-state index contributed by atoms with van der Waals surface area (Å²) in [5.74, 6) is 0.606. The monoisotopic (exact) mass is 260 g/mol. The minimum Gasteiger partial charge on any atom is -0.377 e. The maximum atomic E-state index is 3.66. The number of hydrogen-bond donors (Lipinski definition) is 1. The molecule has 0 amide bonds. The van der Waals surface area contributed by atoms with Crippen molar-refractivity contribution in [2.24, 2.45) is 0 Å². The topological polar surface area (TPSA) is 15.3 Å². The van der Waals surface area contributed by atoms with Crippen LogP contribution in [0.1, 0.15) is 50.2 Å². The molecular weight excluding hydrogens is 232 g/mol. The highest BCUT2D eigenvalue weighted by atomic mass is 15.1. The molecular formula is C17H28N2. The lowest BCUT2D eigenvalue weighted by molar-refractivity contribution is 0.399. The zero-order chi connectivity index (χ0) is 13.8. The number of nitrogens with one attached hydrogen (secondary N) is 1. The minimum atomic E-state index is 0.606. The lowest BCUT2D eigenvalue weighted by Crippen LogP contribution is -2.36. The van der Waals surface area contributed by atoms with E-state index in [1.54, 1.807) is 0 Å². The first-order valence-electron chi connectivity index (χ1n) is 7.61. The number of anilines is 1. The van der Waals surface area contributed by atoms with Crippen LogP contribution in [0.4, 0.5) is 5.69 Å². The van der Waals surface area contributed by atoms with Gasteiger partial charge in [-0.25, -0.2) is 0 Å². The second-order valence-electron chi connectivity index (χ2n) is 6.29. The molecule has 19 heavy (non-hydrogen) atoms. The molecule has 1 unspecified atom stereocenters. The molecule has 1 N–H and O–H groups in total. The van der Waals surface area contributed by atoms with E-state index in [1.807, 2.05) is 0 Å². The summed E-state index contributed by atoms with van der Waals surface area (Å²) in [6.07, 6.45) is 5.19. The number of hydrogen-bond acceptors (Lipinski definition) is 2. The van der Waals surface area contributed by atoms with Gasteiger partial charge in [-0.1, -0.05) is 32.4 Å². The molecule has 106 valence electrons. The van der Waals surface area contributed by atoms with E-state index in [1.165, 1.54) is 42.6 Å². The van der Waals surface area contributed by atoms with Crippen LogP contribution in [0.2, 0.25) is 0 Å². The first-order valence-corrected chi connectivity index (χ1v) is 7.61. The molecule has 1 saturated heterocycles. The normalized spacial score (nSPS) is 19.7. The highest BCUT2D eigenvalue weighted by molar-refractivity contribution is 5.54. The molecule has 0 bridgehead atoms. The predicted octanol–water partition coefficient (Wildman–Crippen LogP) is 3.56. The predicted molar refractivity (Wildman–Crippen MR) is 84.2 cm³/mol. The number of piperidine rings is 1. The molecule has 1 aromatic carbocycles. The van der Waals surface area contributed by atoms with E-state index in [4.69, 9.17) is 0 Å². The highest BCUT2D eigenvalue weighted by Crippen LogP contribution is 2.26. The van der Waals surface area contributed by atoms with Crippen LogP contribution in [0, 0.1) is 0 Å². The third kappa shape index (κ3) is 3.73. The fourth-order valence-electron chi connectivity index (χ4n) is 2.93. The van der Waals surface area contributed by atoms with E-state index in [0.29, 0.717) is 12.0 Å². The van der Waals surface area contributed by atoms with Gasteiger partial charge in [0.2, 0.25) is 0 Å². The summed E-state index contributed by atoms with van der Waals surface area (Å²) in [4.78, 5) is 2.24. The van der Waals surface area contributed by atoms with Gasteiger partial charge >= 0.3 is 0 Å². The van der Waals surface area contributed by atoms with E-state index < -0.39 is 0 Å². The van der Waals surface area contributed by atoms with Crippen LogP contribution in [-0.4, -0.2) is 26.7 Å². The van der Waals surface area contributed by atoms with E-state index in [0.717, 1.165) is 6.42 Å². The van der Waals surface area contributed by atoms with Crippen LogP contribution < -0.4 is 10.2 Å². The van der Waals surface area contributed by atoms with Crippen molar-refractivity contribution < 1.29 is 0 Å². The summed E-state index contributed by atoms with van der Waals surface area (Å²) < 4.78 is 0. The Bertz CT molecular complexity index is 404. The molecule has 0 saturated carbocycles. The first-order chi connectivity index (χ1) is 9.08. The van der Waals surface area contributed by atoms with Crippen LogP contribution in [0.25, 0.3) is 0 Å². The van der Waals surface area contributed by atoms with E-state index in [2.05, 4.69) is 56.4 Å². The summed E-state index contributed by atoms with van der Waals surface area (Å²) >= 11 is 0. The van der Waals surface area contributed by atoms with E-state index >= 15 is 0 Å². The Morgan fingerprint density at radius 3 is 2.63 bits per heavy atom. The summed E-state index contributed by atoms with van der Waals surface area (Å²) in [6, 6.07) is 7.64. The SMILES string of the molecule is CC(C)c1ccc(N(C)C)c(CC2CCCCN2)c1. The molecule has 0 radical (unpaired) electrons. The van der Waals surface area contributed by atoms with Crippen molar-refractivity contribution in [3.8, 4) is 0 Å². The molecule has 1 aromatic rings. The Hall–Kier alpha value is -1.02. The molecule has 1 aliphatic heterocycles. The zero-order valence-corrected chi connectivity index (χ0v) is 12.9. The van der Waals surface area contributed by atoms with Crippen molar-refractivity contribution in [1.29, 1.82) is 0 Å². The Kier molecular flexibility index (Phi) is 4.87. The smallest absolute Gasteiger partial charge is 0.0394 e. The molecule has 0 aliphatic carbocycles. The van der Waals surface area contributed by atoms with Crippen LogP contribution in [0.3, 0.4) is 0 Å². The van der Waals surface area contributed by atoms with Crippen molar-refractivity contribution in [1.82, 2.24) is 5.32 Å². The van der Waals surface area contributed by atoms with Gasteiger partial charge in [-0.3, -0.25) is 0 Å². The Morgan fingerprint density at radius 2 is 2.05 bits per heavy atom. The third-order valence-corrected chi connectivity index (χ3v) is 4.13. The summed E-state index contributed by atoms with van der Waals surface area (Å²) in [5.41, 5.74) is 4.32. The second kappa shape index (κ2) is 6.42. The fraction of sp³-hybridized carbons (Fsp3) is 0.647. The van der Waals surface area contributed by atoms with Crippen molar-refractivity contribution in [2.45, 2.75) is 51.5 Å². The second-order valence-corrected chi connectivity index (χ2v) is 6.29. The molecule has 0 aromatic heterocycles. The van der Waals surface area contributed by atoms with Gasteiger partial charge in [0.05, 0.1) is 0 Å². The summed E-state index contributed by atoms with van der Waals surface area (Å²) in [7, 11) is 4.28. The van der Waals surface area contributed by atoms with Gasteiger partial charge in [0, 0.05) is 25.8 Å². The molecule has 1 atom stereocenters. The van der Waals surface area contributed by atoms with Crippen LogP contribution in [0.15, 0.2) is 18.2 Å². The Morgan fingerprint density at radius 1 is 1.26 bits per heavy atom. The maximum absolute atomic E-state index is 3.66. The molecule has 2 rings (SSSR count). The molecule has 2 nitrogen and oxygen atoms in total. The largest absolute Gasteiger partial charge is 0.377 e. The lowest BCUT2D eigenvalue weighted by Gasteiger charge is -2.26. The van der Waals surface area contributed by atoms with Gasteiger partial charge in [-0.2, -0.15) is 0 Å². The molecule has 1 aliphatic rings. The zero-order valence-electron chi connectivity index (χ0n) is 12.9. The molecule has 0 spiro atoms. The highest BCUT2D eigenvalue weighted by Gasteiger charge is 2.16. The van der Waals surface area contributed by atoms with Gasteiger partial charge in [0.25, 0.3) is 0 Å². The average molecular weight is 260 g/mol. The Balaban J connectivity index is 2.21. The molecule has 1 heterocycles. The van der Waals surface area contributed by atoms with Crippen molar-refractivity contribution in [3.05, 3.63) is 29.3 Å².